The molecule has 0 aliphatic carbocycles. The van der Waals surface area contributed by atoms with Gasteiger partial charge in [-0.05, 0) is 58.7 Å². The van der Waals surface area contributed by atoms with E-state index in [0.29, 0.717) is 24.2 Å². The van der Waals surface area contributed by atoms with Crippen LogP contribution in [0.15, 0.2) is 121 Å². The molecule has 0 aliphatic rings. The Hall–Kier alpha value is -4.64. The summed E-state index contributed by atoms with van der Waals surface area (Å²) in [4.78, 5) is 0. The zero-order valence-corrected chi connectivity index (χ0v) is 24.0. The molecule has 4 nitrogen and oxygen atoms in total. The Balaban J connectivity index is 1.44. The highest BCUT2D eigenvalue weighted by Crippen LogP contribution is 2.47. The third-order valence-corrected chi connectivity index (χ3v) is 8.25. The Morgan fingerprint density at radius 3 is 1.26 bits per heavy atom. The van der Waals surface area contributed by atoms with Gasteiger partial charge in [0.2, 0.25) is 0 Å². The van der Waals surface area contributed by atoms with E-state index in [1.54, 1.807) is 0 Å². The number of rotatable bonds is 9. The molecule has 0 amide bonds. The standard InChI is InChI=1S/C38H36N2O2/c1-25(27-13-5-3-6-14-27)39-23-31-21-29-17-9-11-19-33(29)35(37(31)41)36-34-20-12-10-18-30(34)22-32(38(36)42)24-40-26(2)28-15-7-4-8-16-28/h3-22,25-26,39-42H,23-24H2,1-2H3/t25-,26+. The third kappa shape index (κ3) is 5.47. The topological polar surface area (TPSA) is 64.5 Å². The van der Waals surface area contributed by atoms with Crippen molar-refractivity contribution in [2.24, 2.45) is 0 Å². The Bertz CT molecular complexity index is 1700. The summed E-state index contributed by atoms with van der Waals surface area (Å²) in [6.07, 6.45) is 0. The van der Waals surface area contributed by atoms with Crippen LogP contribution in [0.2, 0.25) is 0 Å². The molecule has 0 bridgehead atoms. The number of hydrogen-bond acceptors (Lipinski definition) is 4. The lowest BCUT2D eigenvalue weighted by molar-refractivity contribution is 0.455. The van der Waals surface area contributed by atoms with Crippen molar-refractivity contribution >= 4 is 21.5 Å². The number of benzene rings is 6. The van der Waals surface area contributed by atoms with Crippen LogP contribution in [-0.2, 0) is 13.1 Å². The van der Waals surface area contributed by atoms with Gasteiger partial charge in [-0.1, -0.05) is 109 Å². The van der Waals surface area contributed by atoms with E-state index in [2.05, 4.69) is 60.9 Å². The lowest BCUT2D eigenvalue weighted by Crippen LogP contribution is -2.18. The SMILES string of the molecule is C[C@H](NCc1cc2ccccc2c(-c2c(O)c(CN[C@H](C)c3ccccc3)cc3ccccc23)c1O)c1ccccc1. The first-order valence-electron chi connectivity index (χ1n) is 14.6. The highest BCUT2D eigenvalue weighted by atomic mass is 16.3. The number of phenols is 2. The molecular weight excluding hydrogens is 516 g/mol. The second-order valence-electron chi connectivity index (χ2n) is 11.0. The second-order valence-corrected chi connectivity index (χ2v) is 11.0. The summed E-state index contributed by atoms with van der Waals surface area (Å²) in [5.41, 5.74) is 5.26. The fourth-order valence-electron chi connectivity index (χ4n) is 5.81. The molecule has 0 fully saturated rings. The minimum atomic E-state index is 0.107. The summed E-state index contributed by atoms with van der Waals surface area (Å²) in [6.45, 7) is 5.21. The molecule has 0 radical (unpaired) electrons. The van der Waals surface area contributed by atoms with E-state index in [9.17, 15) is 10.2 Å². The van der Waals surface area contributed by atoms with Gasteiger partial charge in [0.15, 0.2) is 0 Å². The molecule has 210 valence electrons. The van der Waals surface area contributed by atoms with E-state index in [1.807, 2.05) is 84.9 Å². The average Bonchev–Trinajstić information content (AvgIpc) is 3.04. The minimum absolute atomic E-state index is 0.107. The van der Waals surface area contributed by atoms with Gasteiger partial charge in [0.05, 0.1) is 0 Å². The molecule has 0 saturated carbocycles. The minimum Gasteiger partial charge on any atom is -0.507 e. The normalized spacial score (nSPS) is 12.9. The van der Waals surface area contributed by atoms with E-state index < -0.39 is 0 Å². The van der Waals surface area contributed by atoms with Crippen LogP contribution in [0.5, 0.6) is 11.5 Å². The molecule has 4 N–H and O–H groups in total. The van der Waals surface area contributed by atoms with Crippen LogP contribution in [0.1, 0.15) is 48.2 Å². The molecule has 6 aromatic carbocycles. The van der Waals surface area contributed by atoms with E-state index in [-0.39, 0.29) is 23.6 Å². The average molecular weight is 553 g/mol. The number of hydrogen-bond donors (Lipinski definition) is 4. The van der Waals surface area contributed by atoms with Crippen LogP contribution in [0.25, 0.3) is 32.7 Å². The molecule has 42 heavy (non-hydrogen) atoms. The van der Waals surface area contributed by atoms with Crippen molar-refractivity contribution in [3.63, 3.8) is 0 Å². The van der Waals surface area contributed by atoms with Crippen molar-refractivity contribution in [2.45, 2.75) is 39.0 Å². The van der Waals surface area contributed by atoms with Gasteiger partial charge in [0, 0.05) is 47.4 Å². The van der Waals surface area contributed by atoms with Gasteiger partial charge >= 0.3 is 0 Å². The first-order chi connectivity index (χ1) is 20.5. The molecule has 6 aromatic rings. The largest absolute Gasteiger partial charge is 0.507 e. The number of fused-ring (bicyclic) bond motifs is 2. The molecule has 0 unspecified atom stereocenters. The summed E-state index contributed by atoms with van der Waals surface area (Å²) in [5, 5.41) is 34.8. The molecule has 0 saturated heterocycles. The quantitative estimate of drug-likeness (QED) is 0.145. The van der Waals surface area contributed by atoms with Gasteiger partial charge in [-0.3, -0.25) is 0 Å². The van der Waals surface area contributed by atoms with Crippen LogP contribution in [0, 0.1) is 0 Å². The van der Waals surface area contributed by atoms with Crippen molar-refractivity contribution in [3.05, 3.63) is 144 Å². The van der Waals surface area contributed by atoms with Crippen molar-refractivity contribution in [1.29, 1.82) is 0 Å². The smallest absolute Gasteiger partial charge is 0.128 e. The summed E-state index contributed by atoms with van der Waals surface area (Å²) in [7, 11) is 0. The second kappa shape index (κ2) is 12.1. The molecular formula is C38H36N2O2. The zero-order chi connectivity index (χ0) is 29.1. The Labute approximate surface area is 247 Å². The first kappa shape index (κ1) is 27.5. The van der Waals surface area contributed by atoms with Crippen LogP contribution in [0.3, 0.4) is 0 Å². The van der Waals surface area contributed by atoms with Crippen LogP contribution in [-0.4, -0.2) is 10.2 Å². The number of phenolic OH excluding ortho intramolecular Hbond substituents is 2. The Morgan fingerprint density at radius 1 is 0.500 bits per heavy atom. The molecule has 0 aliphatic heterocycles. The zero-order valence-electron chi connectivity index (χ0n) is 24.0. The van der Waals surface area contributed by atoms with Gasteiger partial charge in [0.25, 0.3) is 0 Å². The molecule has 2 atom stereocenters. The molecule has 6 rings (SSSR count). The number of nitrogens with one attached hydrogen (secondary N) is 2. The van der Waals surface area contributed by atoms with Gasteiger partial charge < -0.3 is 20.8 Å². The number of aromatic hydroxyl groups is 2. The van der Waals surface area contributed by atoms with Crippen molar-refractivity contribution < 1.29 is 10.2 Å². The van der Waals surface area contributed by atoms with Gasteiger partial charge in [-0.25, -0.2) is 0 Å². The molecule has 0 spiro atoms. The Kier molecular flexibility index (Phi) is 7.91. The maximum atomic E-state index is 11.9. The van der Waals surface area contributed by atoms with Crippen LogP contribution < -0.4 is 10.6 Å². The van der Waals surface area contributed by atoms with E-state index >= 15 is 0 Å². The third-order valence-electron chi connectivity index (χ3n) is 8.25. The van der Waals surface area contributed by atoms with Gasteiger partial charge in [-0.15, -0.1) is 0 Å². The maximum absolute atomic E-state index is 11.9. The lowest BCUT2D eigenvalue weighted by Gasteiger charge is -2.21. The summed E-state index contributed by atoms with van der Waals surface area (Å²) in [6, 6.07) is 41.0. The van der Waals surface area contributed by atoms with Crippen molar-refractivity contribution in [3.8, 4) is 22.6 Å². The highest BCUT2D eigenvalue weighted by molar-refractivity contribution is 6.10. The highest BCUT2D eigenvalue weighted by Gasteiger charge is 2.22. The van der Waals surface area contributed by atoms with Crippen molar-refractivity contribution in [1.82, 2.24) is 10.6 Å². The van der Waals surface area contributed by atoms with E-state index in [1.165, 1.54) is 11.1 Å². The van der Waals surface area contributed by atoms with Crippen molar-refractivity contribution in [2.75, 3.05) is 0 Å². The fourth-order valence-corrected chi connectivity index (χ4v) is 5.81. The Morgan fingerprint density at radius 2 is 0.857 bits per heavy atom. The first-order valence-corrected chi connectivity index (χ1v) is 14.6. The van der Waals surface area contributed by atoms with Gasteiger partial charge in [-0.2, -0.15) is 0 Å². The maximum Gasteiger partial charge on any atom is 0.128 e. The molecule has 4 heteroatoms. The molecule has 0 heterocycles. The van der Waals surface area contributed by atoms with E-state index in [0.717, 1.165) is 32.7 Å². The lowest BCUT2D eigenvalue weighted by atomic mass is 9.88. The monoisotopic (exact) mass is 552 g/mol. The van der Waals surface area contributed by atoms with Crippen LogP contribution in [0.4, 0.5) is 0 Å². The van der Waals surface area contributed by atoms with E-state index in [4.69, 9.17) is 0 Å². The predicted molar refractivity (Wildman–Crippen MR) is 174 cm³/mol. The van der Waals surface area contributed by atoms with Crippen LogP contribution >= 0.6 is 0 Å². The summed E-state index contributed by atoms with van der Waals surface area (Å²) in [5.74, 6) is 0.370. The fraction of sp³-hybridized carbons (Fsp3) is 0.158. The summed E-state index contributed by atoms with van der Waals surface area (Å²) >= 11 is 0. The summed E-state index contributed by atoms with van der Waals surface area (Å²) < 4.78 is 0. The predicted octanol–water partition coefficient (Wildman–Crippen LogP) is 8.77. The molecule has 0 aromatic heterocycles. The van der Waals surface area contributed by atoms with Gasteiger partial charge in [0.1, 0.15) is 11.5 Å².